The summed E-state index contributed by atoms with van der Waals surface area (Å²) in [7, 11) is 0. The Labute approximate surface area is 271 Å². The van der Waals surface area contributed by atoms with Crippen LogP contribution in [0, 0.1) is 0 Å². The molecule has 12 nitrogen and oxygen atoms in total. The number of rotatable bonds is 30. The molecule has 10 N–H and O–H groups in total. The van der Waals surface area contributed by atoms with Crippen LogP contribution in [0.15, 0.2) is 24.6 Å². The van der Waals surface area contributed by atoms with Gasteiger partial charge in [0.25, 0.3) is 0 Å². The Balaban J connectivity index is 5.62. The molecule has 0 spiro atoms. The molecule has 0 aromatic rings. The van der Waals surface area contributed by atoms with Crippen LogP contribution in [0.3, 0.4) is 0 Å². The van der Waals surface area contributed by atoms with E-state index in [0.29, 0.717) is 32.4 Å². The predicted octanol–water partition coefficient (Wildman–Crippen LogP) is 0.601. The fraction of sp³-hybridized carbons (Fsp3) is 0.879. The molecule has 0 radical (unpaired) electrons. The molecule has 0 aliphatic rings. The highest BCUT2D eigenvalue weighted by Crippen LogP contribution is 2.19. The van der Waals surface area contributed by atoms with Crippen LogP contribution >= 0.6 is 0 Å². The monoisotopic (exact) mass is 650 g/mol. The van der Waals surface area contributed by atoms with Gasteiger partial charge in [-0.2, -0.15) is 0 Å². The van der Waals surface area contributed by atoms with Crippen LogP contribution < -0.4 is 0 Å². The fourth-order valence-corrected chi connectivity index (χ4v) is 5.18. The zero-order valence-electron chi connectivity index (χ0n) is 27.8. The third-order valence-electron chi connectivity index (χ3n) is 8.35. The Bertz CT molecular complexity index is 701. The van der Waals surface area contributed by atoms with Crippen LogP contribution in [0.2, 0.25) is 0 Å². The predicted molar refractivity (Wildman–Crippen MR) is 175 cm³/mol. The van der Waals surface area contributed by atoms with Crippen molar-refractivity contribution in [3.05, 3.63) is 24.6 Å². The number of allylic oxidation sites excluding steroid dienone is 2. The lowest BCUT2D eigenvalue weighted by molar-refractivity contribution is -0.119. The van der Waals surface area contributed by atoms with Crippen molar-refractivity contribution >= 4 is 0 Å². The summed E-state index contributed by atoms with van der Waals surface area (Å²) in [6.45, 7) is 11.8. The summed E-state index contributed by atoms with van der Waals surface area (Å²) in [5.74, 6) is 0. The summed E-state index contributed by atoms with van der Waals surface area (Å²) in [6, 6.07) is 0. The quantitative estimate of drug-likeness (QED) is 0.0485. The zero-order valence-corrected chi connectivity index (χ0v) is 27.8. The van der Waals surface area contributed by atoms with Gasteiger partial charge in [0.15, 0.2) is 0 Å². The lowest BCUT2D eigenvalue weighted by Gasteiger charge is -2.35. The average Bonchev–Trinajstić information content (AvgIpc) is 3.04. The highest BCUT2D eigenvalue weighted by Gasteiger charge is 2.32. The maximum atomic E-state index is 10.7. The molecule has 8 atom stereocenters. The van der Waals surface area contributed by atoms with Crippen LogP contribution in [0.4, 0.5) is 0 Å². The second kappa shape index (κ2) is 25.7. The SMILES string of the molecule is C=C(CCCCCCC)N(CCCN(CC(O)C(O)C(O)C(O)CO)C(=C)CCCCCCC)CC(O)C(O)C(O)C(O)CO. The topological polar surface area (TPSA) is 209 Å². The van der Waals surface area contributed by atoms with E-state index in [1.165, 1.54) is 0 Å². The fourth-order valence-electron chi connectivity index (χ4n) is 5.18. The van der Waals surface area contributed by atoms with Gasteiger partial charge in [-0.1, -0.05) is 78.4 Å². The van der Waals surface area contributed by atoms with Crippen molar-refractivity contribution in [3.8, 4) is 0 Å². The minimum absolute atomic E-state index is 0.0743. The molecule has 0 aromatic heterocycles. The van der Waals surface area contributed by atoms with E-state index in [1.807, 2.05) is 9.80 Å². The Morgan fingerprint density at radius 3 is 1.09 bits per heavy atom. The van der Waals surface area contributed by atoms with E-state index >= 15 is 0 Å². The lowest BCUT2D eigenvalue weighted by atomic mass is 10.0. The lowest BCUT2D eigenvalue weighted by Crippen LogP contribution is -2.50. The molecule has 268 valence electrons. The first-order valence-corrected chi connectivity index (χ1v) is 16.9. The second-order valence-electron chi connectivity index (χ2n) is 12.3. The first-order chi connectivity index (χ1) is 21.4. The maximum Gasteiger partial charge on any atom is 0.111 e. The molecule has 0 aliphatic carbocycles. The van der Waals surface area contributed by atoms with Gasteiger partial charge in [-0.05, 0) is 32.1 Å². The summed E-state index contributed by atoms with van der Waals surface area (Å²) in [5.41, 5.74) is 1.49. The molecule has 0 aromatic carbocycles. The molecule has 0 fully saturated rings. The van der Waals surface area contributed by atoms with Gasteiger partial charge in [0.05, 0.1) is 25.4 Å². The molecule has 0 aliphatic heterocycles. The molecule has 0 saturated carbocycles. The van der Waals surface area contributed by atoms with E-state index in [-0.39, 0.29) is 13.1 Å². The van der Waals surface area contributed by atoms with Gasteiger partial charge in [0, 0.05) is 37.6 Å². The number of aliphatic hydroxyl groups excluding tert-OH is 10. The number of unbranched alkanes of at least 4 members (excludes halogenated alkanes) is 8. The summed E-state index contributed by atoms with van der Waals surface area (Å²) in [6.07, 6.45) is -0.586. The summed E-state index contributed by atoms with van der Waals surface area (Å²) in [4.78, 5) is 3.65. The van der Waals surface area contributed by atoms with Gasteiger partial charge in [0.1, 0.15) is 36.6 Å². The van der Waals surface area contributed by atoms with Crippen LogP contribution in [0.5, 0.6) is 0 Å². The van der Waals surface area contributed by atoms with Gasteiger partial charge in [-0.15, -0.1) is 0 Å². The first kappa shape index (κ1) is 43.7. The van der Waals surface area contributed by atoms with Gasteiger partial charge < -0.3 is 60.9 Å². The Hall–Kier alpha value is -1.32. The largest absolute Gasteiger partial charge is 0.394 e. The van der Waals surface area contributed by atoms with Crippen LogP contribution in [0.25, 0.3) is 0 Å². The van der Waals surface area contributed by atoms with Gasteiger partial charge in [-0.25, -0.2) is 0 Å². The summed E-state index contributed by atoms with van der Waals surface area (Å²) >= 11 is 0. The van der Waals surface area contributed by atoms with Crippen molar-refractivity contribution in [2.75, 3.05) is 39.4 Å². The van der Waals surface area contributed by atoms with E-state index in [1.54, 1.807) is 0 Å². The van der Waals surface area contributed by atoms with E-state index in [4.69, 9.17) is 10.2 Å². The van der Waals surface area contributed by atoms with E-state index in [0.717, 1.165) is 75.6 Å². The molecule has 0 heterocycles. The molecule has 0 bridgehead atoms. The van der Waals surface area contributed by atoms with E-state index in [2.05, 4.69) is 27.0 Å². The molecule has 45 heavy (non-hydrogen) atoms. The van der Waals surface area contributed by atoms with Crippen LogP contribution in [-0.4, -0.2) is 149 Å². The minimum atomic E-state index is -1.74. The highest BCUT2D eigenvalue weighted by atomic mass is 16.4. The van der Waals surface area contributed by atoms with Crippen LogP contribution in [0.1, 0.15) is 97.3 Å². The molecule has 0 rings (SSSR count). The maximum absolute atomic E-state index is 10.7. The Morgan fingerprint density at radius 2 is 0.778 bits per heavy atom. The van der Waals surface area contributed by atoms with Crippen molar-refractivity contribution in [2.45, 2.75) is 146 Å². The van der Waals surface area contributed by atoms with Crippen molar-refractivity contribution in [1.29, 1.82) is 0 Å². The standard InChI is InChI=1S/C33H66N2O10/c1-5-7-9-11-13-16-24(3)34(20-26(38)30(42)32(44)28(40)22-36)18-15-19-35(25(4)17-14-12-10-8-6-2)21-27(39)31(43)33(45)29(41)23-37/h26-33,36-45H,3-23H2,1-2H3. The molecule has 8 unspecified atom stereocenters. The normalized spacial score (nSPS) is 17.2. The summed E-state index contributed by atoms with van der Waals surface area (Å²) in [5, 5.41) is 100. The molecule has 12 heteroatoms. The van der Waals surface area contributed by atoms with Crippen molar-refractivity contribution in [1.82, 2.24) is 9.80 Å². The third-order valence-corrected chi connectivity index (χ3v) is 8.35. The Kier molecular flexibility index (Phi) is 25.0. The number of aliphatic hydroxyl groups is 10. The molecule has 0 saturated heterocycles. The number of hydrogen-bond donors (Lipinski definition) is 10. The molecular weight excluding hydrogens is 584 g/mol. The van der Waals surface area contributed by atoms with E-state index < -0.39 is 62.0 Å². The van der Waals surface area contributed by atoms with Crippen molar-refractivity contribution in [2.24, 2.45) is 0 Å². The van der Waals surface area contributed by atoms with Gasteiger partial charge in [-0.3, -0.25) is 0 Å². The molecular formula is C33H66N2O10. The number of hydrogen-bond acceptors (Lipinski definition) is 12. The zero-order chi connectivity index (χ0) is 34.4. The van der Waals surface area contributed by atoms with Gasteiger partial charge in [0.2, 0.25) is 0 Å². The van der Waals surface area contributed by atoms with Crippen molar-refractivity contribution < 1.29 is 51.1 Å². The van der Waals surface area contributed by atoms with Crippen LogP contribution in [-0.2, 0) is 0 Å². The first-order valence-electron chi connectivity index (χ1n) is 16.9. The smallest absolute Gasteiger partial charge is 0.111 e. The minimum Gasteiger partial charge on any atom is -0.394 e. The molecule has 0 amide bonds. The highest BCUT2D eigenvalue weighted by molar-refractivity contribution is 4.99. The van der Waals surface area contributed by atoms with E-state index in [9.17, 15) is 40.9 Å². The average molecular weight is 651 g/mol. The van der Waals surface area contributed by atoms with Crippen molar-refractivity contribution in [3.63, 3.8) is 0 Å². The summed E-state index contributed by atoms with van der Waals surface area (Å²) < 4.78 is 0. The number of nitrogens with zero attached hydrogens (tertiary/aromatic N) is 2. The third kappa shape index (κ3) is 18.0. The second-order valence-corrected chi connectivity index (χ2v) is 12.3. The Morgan fingerprint density at radius 1 is 0.467 bits per heavy atom. The van der Waals surface area contributed by atoms with Gasteiger partial charge >= 0.3 is 0 Å².